The summed E-state index contributed by atoms with van der Waals surface area (Å²) < 4.78 is 0. The Labute approximate surface area is 181 Å². The van der Waals surface area contributed by atoms with Crippen molar-refractivity contribution >= 4 is 35.0 Å². The molecule has 1 aliphatic heterocycles. The molecule has 10 heteroatoms. The number of carbonyl (C=O) groups excluding carboxylic acids is 2. The van der Waals surface area contributed by atoms with Crippen LogP contribution >= 0.6 is 0 Å². The van der Waals surface area contributed by atoms with Gasteiger partial charge in [0.1, 0.15) is 5.82 Å². The standard InChI is InChI=1S/C21H30N8O2/c1-14(30)24-10-11-25-16-2-4-17(5-3-16)28-21-27-13-18(19(22)31)20(29-21)26-12-15-6-8-23-9-7-15/h2-5,13,15,23,25H,6-12H2,1H3,(H2,22,31)(H,24,30)(H2,26,27,28,29). The van der Waals surface area contributed by atoms with Crippen molar-refractivity contribution in [2.24, 2.45) is 11.7 Å². The van der Waals surface area contributed by atoms with Gasteiger partial charge >= 0.3 is 0 Å². The van der Waals surface area contributed by atoms with Crippen molar-refractivity contribution in [2.45, 2.75) is 19.8 Å². The van der Waals surface area contributed by atoms with E-state index in [1.807, 2.05) is 24.3 Å². The van der Waals surface area contributed by atoms with Gasteiger partial charge in [0.2, 0.25) is 11.9 Å². The number of nitrogens with zero attached hydrogens (tertiary/aromatic N) is 2. The SMILES string of the molecule is CC(=O)NCCNc1ccc(Nc2ncc(C(N)=O)c(NCC3CCNCC3)n2)cc1. The molecular formula is C21H30N8O2. The molecule has 31 heavy (non-hydrogen) atoms. The number of nitrogens with one attached hydrogen (secondary N) is 5. The molecule has 0 unspecified atom stereocenters. The average molecular weight is 427 g/mol. The van der Waals surface area contributed by atoms with E-state index in [1.54, 1.807) is 0 Å². The smallest absolute Gasteiger partial charge is 0.254 e. The van der Waals surface area contributed by atoms with Crippen molar-refractivity contribution < 1.29 is 9.59 Å². The van der Waals surface area contributed by atoms with Crippen LogP contribution in [0.2, 0.25) is 0 Å². The Balaban J connectivity index is 1.60. The van der Waals surface area contributed by atoms with Crippen LogP contribution in [0.15, 0.2) is 30.5 Å². The first kappa shape index (κ1) is 22.3. The normalized spacial score (nSPS) is 14.0. The zero-order valence-electron chi connectivity index (χ0n) is 17.7. The zero-order valence-corrected chi connectivity index (χ0v) is 17.7. The van der Waals surface area contributed by atoms with E-state index in [-0.39, 0.29) is 11.5 Å². The van der Waals surface area contributed by atoms with Crippen molar-refractivity contribution in [2.75, 3.05) is 48.7 Å². The molecule has 0 atom stereocenters. The van der Waals surface area contributed by atoms with E-state index in [4.69, 9.17) is 5.73 Å². The van der Waals surface area contributed by atoms with Gasteiger partial charge in [-0.05, 0) is 56.1 Å². The minimum absolute atomic E-state index is 0.0479. The summed E-state index contributed by atoms with van der Waals surface area (Å²) >= 11 is 0. The first-order chi connectivity index (χ1) is 15.0. The van der Waals surface area contributed by atoms with Crippen LogP contribution in [0.5, 0.6) is 0 Å². The predicted octanol–water partition coefficient (Wildman–Crippen LogP) is 1.28. The highest BCUT2D eigenvalue weighted by atomic mass is 16.1. The quantitative estimate of drug-likeness (QED) is 0.312. The summed E-state index contributed by atoms with van der Waals surface area (Å²) in [7, 11) is 0. The lowest BCUT2D eigenvalue weighted by atomic mass is 9.98. The maximum absolute atomic E-state index is 11.8. The number of aromatic nitrogens is 2. The second kappa shape index (κ2) is 11.1. The van der Waals surface area contributed by atoms with E-state index < -0.39 is 5.91 Å². The Morgan fingerprint density at radius 1 is 1.10 bits per heavy atom. The maximum Gasteiger partial charge on any atom is 0.254 e. The van der Waals surface area contributed by atoms with Crippen molar-refractivity contribution in [3.8, 4) is 0 Å². The van der Waals surface area contributed by atoms with Gasteiger partial charge < -0.3 is 32.3 Å². The van der Waals surface area contributed by atoms with E-state index in [1.165, 1.54) is 13.1 Å². The number of anilines is 4. The molecule has 1 aromatic heterocycles. The van der Waals surface area contributed by atoms with Gasteiger partial charge in [0.05, 0.1) is 5.56 Å². The van der Waals surface area contributed by atoms with Crippen molar-refractivity contribution in [1.29, 1.82) is 0 Å². The second-order valence-electron chi connectivity index (χ2n) is 7.51. The minimum atomic E-state index is -0.561. The van der Waals surface area contributed by atoms with Gasteiger partial charge in [0.25, 0.3) is 5.91 Å². The van der Waals surface area contributed by atoms with Gasteiger partial charge in [-0.1, -0.05) is 0 Å². The number of nitrogens with two attached hydrogens (primary N) is 1. The van der Waals surface area contributed by atoms with E-state index in [9.17, 15) is 9.59 Å². The van der Waals surface area contributed by atoms with Gasteiger partial charge in [-0.25, -0.2) is 4.98 Å². The van der Waals surface area contributed by atoms with Crippen LogP contribution in [0.4, 0.5) is 23.1 Å². The molecule has 1 fully saturated rings. The number of carbonyl (C=O) groups is 2. The monoisotopic (exact) mass is 426 g/mol. The molecule has 2 heterocycles. The van der Waals surface area contributed by atoms with Crippen LogP contribution in [0.25, 0.3) is 0 Å². The number of rotatable bonds is 10. The summed E-state index contributed by atoms with van der Waals surface area (Å²) in [6, 6.07) is 7.64. The average Bonchev–Trinajstić information content (AvgIpc) is 2.77. The van der Waals surface area contributed by atoms with Crippen LogP contribution in [-0.4, -0.2) is 54.5 Å². The molecular weight excluding hydrogens is 396 g/mol. The Kier molecular flexibility index (Phi) is 7.99. The highest BCUT2D eigenvalue weighted by Crippen LogP contribution is 2.20. The fraction of sp³-hybridized carbons (Fsp3) is 0.429. The molecule has 2 aromatic rings. The first-order valence-electron chi connectivity index (χ1n) is 10.5. The van der Waals surface area contributed by atoms with E-state index in [2.05, 4.69) is 36.6 Å². The molecule has 7 N–H and O–H groups in total. The molecule has 10 nitrogen and oxygen atoms in total. The highest BCUT2D eigenvalue weighted by Gasteiger charge is 2.16. The topological polar surface area (TPSA) is 146 Å². The molecule has 0 bridgehead atoms. The predicted molar refractivity (Wildman–Crippen MR) is 122 cm³/mol. The number of hydrogen-bond donors (Lipinski definition) is 6. The van der Waals surface area contributed by atoms with E-state index in [0.29, 0.717) is 30.8 Å². The van der Waals surface area contributed by atoms with E-state index >= 15 is 0 Å². The molecule has 0 aliphatic carbocycles. The highest BCUT2D eigenvalue weighted by molar-refractivity contribution is 5.97. The van der Waals surface area contributed by atoms with Gasteiger partial charge in [-0.3, -0.25) is 9.59 Å². The number of piperidine rings is 1. The van der Waals surface area contributed by atoms with Crippen LogP contribution in [0, 0.1) is 5.92 Å². The Hall–Kier alpha value is -3.40. The van der Waals surface area contributed by atoms with Crippen molar-refractivity contribution in [3.05, 3.63) is 36.0 Å². The third-order valence-electron chi connectivity index (χ3n) is 5.04. The molecule has 2 amide bonds. The summed E-state index contributed by atoms with van der Waals surface area (Å²) in [5, 5.41) is 15.7. The van der Waals surface area contributed by atoms with Crippen molar-refractivity contribution in [3.63, 3.8) is 0 Å². The van der Waals surface area contributed by atoms with Crippen LogP contribution in [0.1, 0.15) is 30.1 Å². The van der Waals surface area contributed by atoms with Crippen LogP contribution in [0.3, 0.4) is 0 Å². The number of hydrogen-bond acceptors (Lipinski definition) is 8. The Morgan fingerprint density at radius 2 is 1.81 bits per heavy atom. The minimum Gasteiger partial charge on any atom is -0.383 e. The molecule has 3 rings (SSSR count). The van der Waals surface area contributed by atoms with Crippen molar-refractivity contribution in [1.82, 2.24) is 20.6 Å². The van der Waals surface area contributed by atoms with Gasteiger partial charge in [-0.2, -0.15) is 4.98 Å². The fourth-order valence-electron chi connectivity index (χ4n) is 3.33. The lowest BCUT2D eigenvalue weighted by Crippen LogP contribution is -2.31. The molecule has 0 spiro atoms. The lowest BCUT2D eigenvalue weighted by molar-refractivity contribution is -0.118. The Bertz CT molecular complexity index is 881. The molecule has 166 valence electrons. The van der Waals surface area contributed by atoms with Crippen LogP contribution < -0.4 is 32.3 Å². The molecule has 1 aliphatic rings. The van der Waals surface area contributed by atoms with Gasteiger partial charge in [-0.15, -0.1) is 0 Å². The van der Waals surface area contributed by atoms with Gasteiger partial charge in [0, 0.05) is 44.1 Å². The fourth-order valence-corrected chi connectivity index (χ4v) is 3.33. The first-order valence-corrected chi connectivity index (χ1v) is 10.5. The number of amides is 2. The molecule has 1 saturated heterocycles. The number of benzene rings is 1. The Morgan fingerprint density at radius 3 is 2.48 bits per heavy atom. The van der Waals surface area contributed by atoms with Crippen LogP contribution in [-0.2, 0) is 4.79 Å². The second-order valence-corrected chi connectivity index (χ2v) is 7.51. The van der Waals surface area contributed by atoms with E-state index in [0.717, 1.165) is 43.9 Å². The zero-order chi connectivity index (χ0) is 22.1. The third kappa shape index (κ3) is 7.10. The molecule has 1 aromatic carbocycles. The summed E-state index contributed by atoms with van der Waals surface area (Å²) in [6.45, 7) is 5.43. The largest absolute Gasteiger partial charge is 0.383 e. The maximum atomic E-state index is 11.8. The molecule has 0 radical (unpaired) electrons. The number of primary amides is 1. The summed E-state index contributed by atoms with van der Waals surface area (Å²) in [5.74, 6) is 0.741. The lowest BCUT2D eigenvalue weighted by Gasteiger charge is -2.23. The summed E-state index contributed by atoms with van der Waals surface area (Å²) in [6.07, 6.45) is 3.61. The summed E-state index contributed by atoms with van der Waals surface area (Å²) in [4.78, 5) is 31.3. The third-order valence-corrected chi connectivity index (χ3v) is 5.04. The van der Waals surface area contributed by atoms with Gasteiger partial charge in [0.15, 0.2) is 0 Å². The molecule has 0 saturated carbocycles. The summed E-state index contributed by atoms with van der Waals surface area (Å²) in [5.41, 5.74) is 7.51.